The van der Waals surface area contributed by atoms with E-state index in [1.54, 1.807) is 7.11 Å². The van der Waals surface area contributed by atoms with Gasteiger partial charge in [0.05, 0.1) is 13.7 Å². The fraction of sp³-hybridized carbons (Fsp3) is 0.538. The van der Waals surface area contributed by atoms with Gasteiger partial charge in [-0.2, -0.15) is 0 Å². The third-order valence-electron chi connectivity index (χ3n) is 2.63. The van der Waals surface area contributed by atoms with E-state index in [2.05, 4.69) is 20.8 Å². The number of hydrogen-bond donors (Lipinski definition) is 2. The molecule has 1 aromatic rings. The van der Waals surface area contributed by atoms with Gasteiger partial charge in [0.15, 0.2) is 0 Å². The minimum absolute atomic E-state index is 0.0101. The summed E-state index contributed by atoms with van der Waals surface area (Å²) in [5, 5.41) is 18.7. The highest BCUT2D eigenvalue weighted by Gasteiger charge is 2.18. The summed E-state index contributed by atoms with van der Waals surface area (Å²) >= 11 is 0. The molecule has 90 valence electrons. The molecule has 0 fully saturated rings. The smallest absolute Gasteiger partial charge is 0.124 e. The van der Waals surface area contributed by atoms with E-state index in [-0.39, 0.29) is 12.0 Å². The molecule has 0 aliphatic heterocycles. The minimum atomic E-state index is -0.891. The van der Waals surface area contributed by atoms with Crippen LogP contribution in [0.15, 0.2) is 18.2 Å². The molecule has 0 heterocycles. The summed E-state index contributed by atoms with van der Waals surface area (Å²) in [4.78, 5) is 0. The van der Waals surface area contributed by atoms with Crippen molar-refractivity contribution in [3.8, 4) is 5.75 Å². The maximum Gasteiger partial charge on any atom is 0.124 e. The van der Waals surface area contributed by atoms with Crippen molar-refractivity contribution in [3.63, 3.8) is 0 Å². The minimum Gasteiger partial charge on any atom is -0.496 e. The zero-order valence-electron chi connectivity index (χ0n) is 10.3. The van der Waals surface area contributed by atoms with E-state index in [1.807, 2.05) is 18.2 Å². The monoisotopic (exact) mass is 224 g/mol. The van der Waals surface area contributed by atoms with E-state index in [0.29, 0.717) is 11.3 Å². The zero-order valence-corrected chi connectivity index (χ0v) is 10.3. The van der Waals surface area contributed by atoms with E-state index < -0.39 is 6.10 Å². The van der Waals surface area contributed by atoms with E-state index in [1.165, 1.54) is 0 Å². The first-order valence-corrected chi connectivity index (χ1v) is 5.37. The van der Waals surface area contributed by atoms with E-state index in [0.717, 1.165) is 5.56 Å². The number of benzene rings is 1. The van der Waals surface area contributed by atoms with Gasteiger partial charge in [-0.05, 0) is 23.1 Å². The van der Waals surface area contributed by atoms with E-state index in [9.17, 15) is 5.11 Å². The molecule has 1 aromatic carbocycles. The lowest BCUT2D eigenvalue weighted by atomic mass is 9.85. The SMILES string of the molecule is COc1ccc(C(C)(C)C)cc1C(O)CO. The van der Waals surface area contributed by atoms with Gasteiger partial charge in [0.1, 0.15) is 11.9 Å². The highest BCUT2D eigenvalue weighted by molar-refractivity contribution is 5.41. The molecule has 0 amide bonds. The summed E-state index contributed by atoms with van der Waals surface area (Å²) < 4.78 is 5.16. The van der Waals surface area contributed by atoms with Gasteiger partial charge in [0, 0.05) is 5.56 Å². The fourth-order valence-corrected chi connectivity index (χ4v) is 1.56. The number of aliphatic hydroxyl groups excluding tert-OH is 2. The lowest BCUT2D eigenvalue weighted by Crippen LogP contribution is -2.13. The lowest BCUT2D eigenvalue weighted by Gasteiger charge is -2.22. The van der Waals surface area contributed by atoms with Crippen LogP contribution < -0.4 is 4.74 Å². The van der Waals surface area contributed by atoms with Gasteiger partial charge in [-0.1, -0.05) is 26.8 Å². The molecule has 3 nitrogen and oxygen atoms in total. The first kappa shape index (κ1) is 13.0. The van der Waals surface area contributed by atoms with Crippen LogP contribution in [-0.2, 0) is 5.41 Å². The molecular weight excluding hydrogens is 204 g/mol. The molecule has 3 heteroatoms. The molecule has 1 rings (SSSR count). The van der Waals surface area contributed by atoms with Crippen molar-refractivity contribution in [2.45, 2.75) is 32.3 Å². The van der Waals surface area contributed by atoms with Crippen molar-refractivity contribution in [3.05, 3.63) is 29.3 Å². The van der Waals surface area contributed by atoms with Crippen LogP contribution in [0, 0.1) is 0 Å². The van der Waals surface area contributed by atoms with Gasteiger partial charge in [-0.15, -0.1) is 0 Å². The fourth-order valence-electron chi connectivity index (χ4n) is 1.56. The number of methoxy groups -OCH3 is 1. The summed E-state index contributed by atoms with van der Waals surface area (Å²) in [6.07, 6.45) is -0.891. The molecule has 0 saturated heterocycles. The quantitative estimate of drug-likeness (QED) is 0.825. The summed E-state index contributed by atoms with van der Waals surface area (Å²) in [7, 11) is 1.56. The first-order valence-electron chi connectivity index (χ1n) is 5.37. The number of ether oxygens (including phenoxy) is 1. The summed E-state index contributed by atoms with van der Waals surface area (Å²) in [6, 6.07) is 5.70. The van der Waals surface area contributed by atoms with Gasteiger partial charge < -0.3 is 14.9 Å². The summed E-state index contributed by atoms with van der Waals surface area (Å²) in [5.41, 5.74) is 1.75. The zero-order chi connectivity index (χ0) is 12.3. The average molecular weight is 224 g/mol. The predicted molar refractivity (Wildman–Crippen MR) is 63.7 cm³/mol. The van der Waals surface area contributed by atoms with Crippen molar-refractivity contribution in [1.29, 1.82) is 0 Å². The van der Waals surface area contributed by atoms with Crippen LogP contribution in [0.4, 0.5) is 0 Å². The number of rotatable bonds is 3. The predicted octanol–water partition coefficient (Wildman–Crippen LogP) is 2.02. The Morgan fingerprint density at radius 1 is 1.31 bits per heavy atom. The molecule has 0 aliphatic carbocycles. The Bertz CT molecular complexity index is 353. The second-order valence-corrected chi connectivity index (χ2v) is 4.91. The molecule has 2 N–H and O–H groups in total. The van der Waals surface area contributed by atoms with E-state index in [4.69, 9.17) is 9.84 Å². The van der Waals surface area contributed by atoms with Gasteiger partial charge in [0.25, 0.3) is 0 Å². The van der Waals surface area contributed by atoms with Crippen molar-refractivity contribution < 1.29 is 14.9 Å². The van der Waals surface area contributed by atoms with Gasteiger partial charge in [-0.3, -0.25) is 0 Å². The maximum absolute atomic E-state index is 9.70. The largest absolute Gasteiger partial charge is 0.496 e. The Balaban J connectivity index is 3.21. The Morgan fingerprint density at radius 2 is 1.94 bits per heavy atom. The summed E-state index contributed by atoms with van der Waals surface area (Å²) in [5.74, 6) is 0.606. The van der Waals surface area contributed by atoms with Crippen molar-refractivity contribution in [2.75, 3.05) is 13.7 Å². The third kappa shape index (κ3) is 2.74. The molecule has 0 spiro atoms. The normalized spacial score (nSPS) is 13.6. The van der Waals surface area contributed by atoms with Crippen LogP contribution in [0.25, 0.3) is 0 Å². The van der Waals surface area contributed by atoms with Crippen LogP contribution in [0.3, 0.4) is 0 Å². The van der Waals surface area contributed by atoms with Crippen LogP contribution >= 0.6 is 0 Å². The van der Waals surface area contributed by atoms with Crippen LogP contribution in [0.2, 0.25) is 0 Å². The topological polar surface area (TPSA) is 49.7 Å². The van der Waals surface area contributed by atoms with Gasteiger partial charge in [0.2, 0.25) is 0 Å². The number of aliphatic hydroxyl groups is 2. The first-order chi connectivity index (χ1) is 7.40. The van der Waals surface area contributed by atoms with E-state index >= 15 is 0 Å². The lowest BCUT2D eigenvalue weighted by molar-refractivity contribution is 0.0932. The van der Waals surface area contributed by atoms with Crippen molar-refractivity contribution in [1.82, 2.24) is 0 Å². The molecule has 1 atom stereocenters. The Kier molecular flexibility index (Phi) is 3.94. The second kappa shape index (κ2) is 4.85. The molecule has 16 heavy (non-hydrogen) atoms. The Hall–Kier alpha value is -1.06. The maximum atomic E-state index is 9.70. The van der Waals surface area contributed by atoms with Crippen molar-refractivity contribution in [2.24, 2.45) is 0 Å². The molecule has 0 bridgehead atoms. The molecule has 0 aliphatic rings. The average Bonchev–Trinajstić information content (AvgIpc) is 2.25. The van der Waals surface area contributed by atoms with Crippen LogP contribution in [0.5, 0.6) is 5.75 Å². The van der Waals surface area contributed by atoms with Crippen LogP contribution in [0.1, 0.15) is 38.0 Å². The number of hydrogen-bond acceptors (Lipinski definition) is 3. The molecule has 0 radical (unpaired) electrons. The molecular formula is C13H20O3. The summed E-state index contributed by atoms with van der Waals surface area (Å²) in [6.45, 7) is 6.00. The van der Waals surface area contributed by atoms with Crippen LogP contribution in [-0.4, -0.2) is 23.9 Å². The Morgan fingerprint density at radius 3 is 2.38 bits per heavy atom. The standard InChI is InChI=1S/C13H20O3/c1-13(2,3)9-5-6-12(16-4)10(7-9)11(15)8-14/h5-7,11,14-15H,8H2,1-4H3. The molecule has 0 saturated carbocycles. The Labute approximate surface area is 96.7 Å². The third-order valence-corrected chi connectivity index (χ3v) is 2.63. The highest BCUT2D eigenvalue weighted by atomic mass is 16.5. The molecule has 0 aromatic heterocycles. The second-order valence-electron chi connectivity index (χ2n) is 4.91. The molecule has 1 unspecified atom stereocenters. The van der Waals surface area contributed by atoms with Gasteiger partial charge in [-0.25, -0.2) is 0 Å². The van der Waals surface area contributed by atoms with Crippen molar-refractivity contribution >= 4 is 0 Å². The highest BCUT2D eigenvalue weighted by Crippen LogP contribution is 2.31. The van der Waals surface area contributed by atoms with Gasteiger partial charge >= 0.3 is 0 Å².